The van der Waals surface area contributed by atoms with E-state index in [9.17, 15) is 14.7 Å². The van der Waals surface area contributed by atoms with E-state index in [4.69, 9.17) is 11.6 Å². The predicted molar refractivity (Wildman–Crippen MR) is 88.0 cm³/mol. The second-order valence-corrected chi connectivity index (χ2v) is 6.02. The Bertz CT molecular complexity index is 786. The zero-order chi connectivity index (χ0) is 15.7. The van der Waals surface area contributed by atoms with Crippen LogP contribution in [0.3, 0.4) is 0 Å². The van der Waals surface area contributed by atoms with Crippen LogP contribution < -0.4 is 4.90 Å². The number of nitrogens with zero attached hydrogens (tertiary/aromatic N) is 1. The Morgan fingerprint density at radius 1 is 1.09 bits per heavy atom. The van der Waals surface area contributed by atoms with Crippen molar-refractivity contribution >= 4 is 46.3 Å². The molecule has 1 aliphatic rings. The molecule has 0 unspecified atom stereocenters. The lowest BCUT2D eigenvalue weighted by molar-refractivity contribution is -0.113. The molecule has 1 fully saturated rings. The van der Waals surface area contributed by atoms with E-state index < -0.39 is 11.1 Å². The molecule has 0 aliphatic carbocycles. The summed E-state index contributed by atoms with van der Waals surface area (Å²) in [5.41, 5.74) is 1.13. The minimum Gasteiger partial charge on any atom is -0.508 e. The highest BCUT2D eigenvalue weighted by molar-refractivity contribution is 8.19. The third-order valence-electron chi connectivity index (χ3n) is 3.05. The van der Waals surface area contributed by atoms with Crippen LogP contribution >= 0.6 is 23.4 Å². The number of benzene rings is 2. The second-order valence-electron chi connectivity index (χ2n) is 4.59. The molecule has 0 saturated carbocycles. The van der Waals surface area contributed by atoms with Crippen molar-refractivity contribution in [2.45, 2.75) is 0 Å². The van der Waals surface area contributed by atoms with Gasteiger partial charge in [-0.3, -0.25) is 9.59 Å². The SMILES string of the molecule is O=C1S/C(=C\c2ccc(Cl)cc2)C(=O)N1c1cccc(O)c1. The van der Waals surface area contributed by atoms with Gasteiger partial charge < -0.3 is 5.11 Å². The number of aromatic hydroxyl groups is 1. The molecule has 0 aromatic heterocycles. The molecule has 6 heteroatoms. The minimum absolute atomic E-state index is 0.00164. The molecule has 0 radical (unpaired) electrons. The Balaban J connectivity index is 1.93. The van der Waals surface area contributed by atoms with Gasteiger partial charge in [-0.25, -0.2) is 4.90 Å². The number of hydrogen-bond donors (Lipinski definition) is 1. The highest BCUT2D eigenvalue weighted by Crippen LogP contribution is 2.36. The molecule has 4 nitrogen and oxygen atoms in total. The maximum Gasteiger partial charge on any atom is 0.298 e. The molecule has 2 aromatic rings. The summed E-state index contributed by atoms with van der Waals surface area (Å²) in [6, 6.07) is 13.0. The van der Waals surface area contributed by atoms with E-state index >= 15 is 0 Å². The van der Waals surface area contributed by atoms with Crippen molar-refractivity contribution in [2.75, 3.05) is 4.90 Å². The van der Waals surface area contributed by atoms with Crippen LogP contribution in [-0.2, 0) is 4.79 Å². The van der Waals surface area contributed by atoms with E-state index in [1.54, 1.807) is 42.5 Å². The molecular formula is C16H10ClNO3S. The summed E-state index contributed by atoms with van der Waals surface area (Å²) in [6.45, 7) is 0. The van der Waals surface area contributed by atoms with Gasteiger partial charge in [0.15, 0.2) is 0 Å². The van der Waals surface area contributed by atoms with Crippen LogP contribution in [0.5, 0.6) is 5.75 Å². The first-order valence-electron chi connectivity index (χ1n) is 6.37. The number of carbonyl (C=O) groups is 2. The van der Waals surface area contributed by atoms with Gasteiger partial charge in [-0.05, 0) is 47.7 Å². The Kier molecular flexibility index (Phi) is 3.92. The summed E-state index contributed by atoms with van der Waals surface area (Å²) in [7, 11) is 0. The minimum atomic E-state index is -0.407. The lowest BCUT2D eigenvalue weighted by atomic mass is 10.2. The van der Waals surface area contributed by atoms with E-state index in [0.717, 1.165) is 22.2 Å². The van der Waals surface area contributed by atoms with Crippen molar-refractivity contribution in [3.05, 3.63) is 64.0 Å². The Hall–Kier alpha value is -2.24. The Morgan fingerprint density at radius 2 is 1.82 bits per heavy atom. The molecule has 1 saturated heterocycles. The molecular weight excluding hydrogens is 322 g/mol. The summed E-state index contributed by atoms with van der Waals surface area (Å²) in [5.74, 6) is -0.409. The number of amides is 2. The van der Waals surface area contributed by atoms with Crippen molar-refractivity contribution in [2.24, 2.45) is 0 Å². The van der Waals surface area contributed by atoms with Gasteiger partial charge in [0.05, 0.1) is 10.6 Å². The van der Waals surface area contributed by atoms with Crippen LogP contribution in [-0.4, -0.2) is 16.3 Å². The zero-order valence-corrected chi connectivity index (χ0v) is 12.8. The normalized spacial score (nSPS) is 16.6. The van der Waals surface area contributed by atoms with Gasteiger partial charge in [-0.2, -0.15) is 0 Å². The van der Waals surface area contributed by atoms with Crippen LogP contribution in [0.4, 0.5) is 10.5 Å². The fraction of sp³-hybridized carbons (Fsp3) is 0. The van der Waals surface area contributed by atoms with Gasteiger partial charge in [-0.1, -0.05) is 29.8 Å². The van der Waals surface area contributed by atoms with Gasteiger partial charge in [0.1, 0.15) is 5.75 Å². The van der Waals surface area contributed by atoms with Crippen molar-refractivity contribution in [3.63, 3.8) is 0 Å². The molecule has 0 spiro atoms. The number of carbonyl (C=O) groups excluding carboxylic acids is 2. The quantitative estimate of drug-likeness (QED) is 0.834. The topological polar surface area (TPSA) is 57.6 Å². The van der Waals surface area contributed by atoms with Gasteiger partial charge >= 0.3 is 0 Å². The molecule has 0 bridgehead atoms. The zero-order valence-electron chi connectivity index (χ0n) is 11.2. The van der Waals surface area contributed by atoms with E-state index in [0.29, 0.717) is 15.6 Å². The molecule has 1 N–H and O–H groups in total. The molecule has 3 rings (SSSR count). The monoisotopic (exact) mass is 331 g/mol. The number of hydrogen-bond acceptors (Lipinski definition) is 4. The standard InChI is InChI=1S/C16H10ClNO3S/c17-11-6-4-10(5-7-11)8-14-15(20)18(16(21)22-14)12-2-1-3-13(19)9-12/h1-9,19H/b14-8-. The van der Waals surface area contributed by atoms with Gasteiger partial charge in [0.2, 0.25) is 0 Å². The van der Waals surface area contributed by atoms with Gasteiger partial charge in [0.25, 0.3) is 11.1 Å². The van der Waals surface area contributed by atoms with E-state index in [1.807, 2.05) is 0 Å². The Labute approximate surface area is 136 Å². The Morgan fingerprint density at radius 3 is 2.50 bits per heavy atom. The van der Waals surface area contributed by atoms with Gasteiger partial charge in [-0.15, -0.1) is 0 Å². The first kappa shape index (κ1) is 14.7. The van der Waals surface area contributed by atoms with Crippen LogP contribution in [0, 0.1) is 0 Å². The van der Waals surface area contributed by atoms with E-state index in [2.05, 4.69) is 0 Å². The number of phenols is 1. The maximum atomic E-state index is 12.4. The van der Waals surface area contributed by atoms with Crippen molar-refractivity contribution in [1.29, 1.82) is 0 Å². The highest BCUT2D eigenvalue weighted by Gasteiger charge is 2.36. The van der Waals surface area contributed by atoms with Crippen LogP contribution in [0.25, 0.3) is 6.08 Å². The number of anilines is 1. The average molecular weight is 332 g/mol. The van der Waals surface area contributed by atoms with E-state index in [1.165, 1.54) is 12.1 Å². The molecule has 1 heterocycles. The summed E-state index contributed by atoms with van der Waals surface area (Å²) in [5, 5.41) is 9.70. The predicted octanol–water partition coefficient (Wildman–Crippen LogP) is 4.29. The lowest BCUT2D eigenvalue weighted by Gasteiger charge is -2.12. The summed E-state index contributed by atoms with van der Waals surface area (Å²) in [4.78, 5) is 25.9. The summed E-state index contributed by atoms with van der Waals surface area (Å²) in [6.07, 6.45) is 1.64. The van der Waals surface area contributed by atoms with Crippen LogP contribution in [0.2, 0.25) is 5.02 Å². The van der Waals surface area contributed by atoms with E-state index in [-0.39, 0.29) is 5.75 Å². The smallest absolute Gasteiger partial charge is 0.298 e. The van der Waals surface area contributed by atoms with Crippen LogP contribution in [0.1, 0.15) is 5.56 Å². The first-order chi connectivity index (χ1) is 10.5. The largest absolute Gasteiger partial charge is 0.508 e. The van der Waals surface area contributed by atoms with Crippen molar-refractivity contribution < 1.29 is 14.7 Å². The maximum absolute atomic E-state index is 12.4. The fourth-order valence-corrected chi connectivity index (χ4v) is 3.00. The van der Waals surface area contributed by atoms with Crippen molar-refractivity contribution in [1.82, 2.24) is 0 Å². The third-order valence-corrected chi connectivity index (χ3v) is 4.17. The molecule has 2 aromatic carbocycles. The number of rotatable bonds is 2. The molecule has 110 valence electrons. The molecule has 1 aliphatic heterocycles. The molecule has 2 amide bonds. The number of halogens is 1. The lowest BCUT2D eigenvalue weighted by Crippen LogP contribution is -2.27. The fourth-order valence-electron chi connectivity index (χ4n) is 2.03. The third kappa shape index (κ3) is 2.86. The molecule has 22 heavy (non-hydrogen) atoms. The first-order valence-corrected chi connectivity index (χ1v) is 7.56. The number of thioether (sulfide) groups is 1. The van der Waals surface area contributed by atoms with Gasteiger partial charge in [0, 0.05) is 11.1 Å². The number of imide groups is 1. The molecule has 0 atom stereocenters. The second kappa shape index (κ2) is 5.87. The highest BCUT2D eigenvalue weighted by atomic mass is 35.5. The number of phenolic OH excluding ortho intramolecular Hbond substituents is 1. The van der Waals surface area contributed by atoms with Crippen LogP contribution in [0.15, 0.2) is 53.4 Å². The van der Waals surface area contributed by atoms with Crippen molar-refractivity contribution in [3.8, 4) is 5.75 Å². The summed E-state index contributed by atoms with van der Waals surface area (Å²) >= 11 is 6.68. The average Bonchev–Trinajstić information content (AvgIpc) is 2.76. The summed E-state index contributed by atoms with van der Waals surface area (Å²) < 4.78 is 0.